The van der Waals surface area contributed by atoms with Crippen LogP contribution in [0.5, 0.6) is 23.0 Å². The lowest BCUT2D eigenvalue weighted by Crippen LogP contribution is -2.04. The first-order chi connectivity index (χ1) is 11.3. The van der Waals surface area contributed by atoms with Crippen molar-refractivity contribution in [3.05, 3.63) is 47.5 Å². The van der Waals surface area contributed by atoms with Crippen LogP contribution in [0.1, 0.15) is 31.4 Å². The summed E-state index contributed by atoms with van der Waals surface area (Å²) in [5.41, 5.74) is 1.94. The monoisotopic (exact) mass is 330 g/mol. The van der Waals surface area contributed by atoms with Crippen LogP contribution in [0.4, 0.5) is 0 Å². The van der Waals surface area contributed by atoms with Gasteiger partial charge in [0.1, 0.15) is 0 Å². The minimum Gasteiger partial charge on any atom is -0.504 e. The van der Waals surface area contributed by atoms with Crippen molar-refractivity contribution >= 4 is 5.97 Å². The van der Waals surface area contributed by atoms with Crippen LogP contribution in [0.15, 0.2) is 36.4 Å². The molecule has 2 aromatic carbocycles. The molecular formula is C19H22O5. The van der Waals surface area contributed by atoms with Crippen molar-refractivity contribution in [2.45, 2.75) is 33.1 Å². The summed E-state index contributed by atoms with van der Waals surface area (Å²) >= 11 is 0. The Balaban J connectivity index is 1.95. The molecule has 24 heavy (non-hydrogen) atoms. The standard InChI is InChI=1S/C19H22O5/c1-12(3-4-14-5-7-16(21)18(23)10-14)9-15-6-8-17(22)19(11-15)24-13(2)20/h5-8,10-12,21-23H,3-4,9H2,1-2H3. The number of aryl methyl sites for hydroxylation is 1. The molecule has 0 spiro atoms. The predicted molar refractivity (Wildman–Crippen MR) is 90.4 cm³/mol. The molecule has 0 bridgehead atoms. The van der Waals surface area contributed by atoms with Gasteiger partial charge < -0.3 is 20.1 Å². The van der Waals surface area contributed by atoms with E-state index in [-0.39, 0.29) is 23.0 Å². The van der Waals surface area contributed by atoms with Crippen molar-refractivity contribution in [1.82, 2.24) is 0 Å². The lowest BCUT2D eigenvalue weighted by atomic mass is 9.94. The quantitative estimate of drug-likeness (QED) is 0.428. The van der Waals surface area contributed by atoms with E-state index in [0.29, 0.717) is 5.92 Å². The zero-order chi connectivity index (χ0) is 17.7. The molecule has 0 fully saturated rings. The Morgan fingerprint density at radius 1 is 1.00 bits per heavy atom. The fraction of sp³-hybridized carbons (Fsp3) is 0.316. The number of esters is 1. The van der Waals surface area contributed by atoms with E-state index in [4.69, 9.17) is 4.74 Å². The van der Waals surface area contributed by atoms with Gasteiger partial charge in [0.25, 0.3) is 0 Å². The van der Waals surface area contributed by atoms with Gasteiger partial charge in [0, 0.05) is 6.92 Å². The van der Waals surface area contributed by atoms with Gasteiger partial charge >= 0.3 is 5.97 Å². The molecule has 3 N–H and O–H groups in total. The van der Waals surface area contributed by atoms with E-state index in [0.717, 1.165) is 30.4 Å². The third kappa shape index (κ3) is 4.91. The maximum Gasteiger partial charge on any atom is 0.308 e. The Labute approximate surface area is 141 Å². The summed E-state index contributed by atoms with van der Waals surface area (Å²) in [6.45, 7) is 3.40. The first-order valence-corrected chi connectivity index (χ1v) is 7.86. The average molecular weight is 330 g/mol. The summed E-state index contributed by atoms with van der Waals surface area (Å²) in [6, 6.07) is 9.87. The molecule has 128 valence electrons. The molecule has 0 radical (unpaired) electrons. The summed E-state index contributed by atoms with van der Waals surface area (Å²) in [7, 11) is 0. The number of carbonyl (C=O) groups is 1. The topological polar surface area (TPSA) is 87.0 Å². The summed E-state index contributed by atoms with van der Waals surface area (Å²) in [5.74, 6) is -0.214. The lowest BCUT2D eigenvalue weighted by Gasteiger charge is -2.13. The van der Waals surface area contributed by atoms with Crippen LogP contribution >= 0.6 is 0 Å². The minimum atomic E-state index is -0.470. The van der Waals surface area contributed by atoms with Crippen LogP contribution in [-0.4, -0.2) is 21.3 Å². The third-order valence-corrected chi connectivity index (χ3v) is 3.83. The van der Waals surface area contributed by atoms with Gasteiger partial charge in [-0.2, -0.15) is 0 Å². The van der Waals surface area contributed by atoms with Crippen LogP contribution < -0.4 is 4.74 Å². The number of aromatic hydroxyl groups is 3. The second-order valence-electron chi connectivity index (χ2n) is 6.07. The summed E-state index contributed by atoms with van der Waals surface area (Å²) in [4.78, 5) is 11.0. The van der Waals surface area contributed by atoms with Gasteiger partial charge in [0.15, 0.2) is 23.0 Å². The highest BCUT2D eigenvalue weighted by molar-refractivity contribution is 5.70. The predicted octanol–water partition coefficient (Wildman–Crippen LogP) is 3.54. The molecule has 0 saturated carbocycles. The maximum atomic E-state index is 11.0. The number of ether oxygens (including phenoxy) is 1. The van der Waals surface area contributed by atoms with Crippen molar-refractivity contribution in [2.75, 3.05) is 0 Å². The van der Waals surface area contributed by atoms with Crippen LogP contribution in [0.2, 0.25) is 0 Å². The highest BCUT2D eigenvalue weighted by Gasteiger charge is 2.10. The lowest BCUT2D eigenvalue weighted by molar-refractivity contribution is -0.132. The zero-order valence-electron chi connectivity index (χ0n) is 13.8. The molecule has 5 nitrogen and oxygen atoms in total. The largest absolute Gasteiger partial charge is 0.504 e. The second-order valence-corrected chi connectivity index (χ2v) is 6.07. The van der Waals surface area contributed by atoms with Crippen molar-refractivity contribution in [2.24, 2.45) is 5.92 Å². The molecule has 0 saturated heterocycles. The molecule has 0 aliphatic heterocycles. The molecule has 0 amide bonds. The molecule has 0 aromatic heterocycles. The molecule has 0 aliphatic carbocycles. The summed E-state index contributed by atoms with van der Waals surface area (Å²) < 4.78 is 4.98. The van der Waals surface area contributed by atoms with E-state index in [2.05, 4.69) is 6.92 Å². The van der Waals surface area contributed by atoms with Crippen LogP contribution in [0.3, 0.4) is 0 Å². The summed E-state index contributed by atoms with van der Waals surface area (Å²) in [5, 5.41) is 28.5. The number of benzene rings is 2. The van der Waals surface area contributed by atoms with Crippen molar-refractivity contribution in [1.29, 1.82) is 0 Å². The highest BCUT2D eigenvalue weighted by Crippen LogP contribution is 2.29. The number of hydrogen-bond donors (Lipinski definition) is 3. The van der Waals surface area contributed by atoms with Crippen molar-refractivity contribution in [3.8, 4) is 23.0 Å². The van der Waals surface area contributed by atoms with Crippen LogP contribution in [0, 0.1) is 5.92 Å². The van der Waals surface area contributed by atoms with Gasteiger partial charge in [-0.25, -0.2) is 0 Å². The highest BCUT2D eigenvalue weighted by atomic mass is 16.5. The molecule has 0 aliphatic rings. The molecule has 2 aromatic rings. The second kappa shape index (κ2) is 7.73. The number of carbonyl (C=O) groups excluding carboxylic acids is 1. The number of rotatable bonds is 6. The zero-order valence-corrected chi connectivity index (χ0v) is 13.8. The Kier molecular flexibility index (Phi) is 5.68. The Morgan fingerprint density at radius 2 is 1.67 bits per heavy atom. The van der Waals surface area contributed by atoms with Gasteiger partial charge in [-0.15, -0.1) is 0 Å². The third-order valence-electron chi connectivity index (χ3n) is 3.83. The first kappa shape index (κ1) is 17.7. The molecular weight excluding hydrogens is 308 g/mol. The van der Waals surface area contributed by atoms with Gasteiger partial charge in [0.2, 0.25) is 0 Å². The summed E-state index contributed by atoms with van der Waals surface area (Å²) in [6.07, 6.45) is 2.45. The average Bonchev–Trinajstić information content (AvgIpc) is 2.51. The van der Waals surface area contributed by atoms with E-state index in [9.17, 15) is 20.1 Å². The first-order valence-electron chi connectivity index (χ1n) is 7.86. The Bertz CT molecular complexity index is 724. The van der Waals surface area contributed by atoms with Gasteiger partial charge in [-0.05, 0) is 60.6 Å². The van der Waals surface area contributed by atoms with Crippen LogP contribution in [0.25, 0.3) is 0 Å². The van der Waals surface area contributed by atoms with Gasteiger partial charge in [-0.3, -0.25) is 4.79 Å². The molecule has 1 unspecified atom stereocenters. The van der Waals surface area contributed by atoms with E-state index in [1.807, 2.05) is 6.07 Å². The van der Waals surface area contributed by atoms with Crippen molar-refractivity contribution in [3.63, 3.8) is 0 Å². The number of phenols is 3. The van der Waals surface area contributed by atoms with Gasteiger partial charge in [-0.1, -0.05) is 19.1 Å². The van der Waals surface area contributed by atoms with E-state index >= 15 is 0 Å². The molecule has 2 rings (SSSR count). The van der Waals surface area contributed by atoms with E-state index < -0.39 is 5.97 Å². The number of hydrogen-bond acceptors (Lipinski definition) is 5. The van der Waals surface area contributed by atoms with Gasteiger partial charge in [0.05, 0.1) is 0 Å². The van der Waals surface area contributed by atoms with Crippen molar-refractivity contribution < 1.29 is 24.9 Å². The smallest absolute Gasteiger partial charge is 0.308 e. The number of phenolic OH excluding ortho intramolecular Hbond substituents is 3. The Morgan fingerprint density at radius 3 is 2.33 bits per heavy atom. The van der Waals surface area contributed by atoms with E-state index in [1.165, 1.54) is 19.1 Å². The molecule has 0 heterocycles. The maximum absolute atomic E-state index is 11.0. The van der Waals surface area contributed by atoms with Crippen LogP contribution in [-0.2, 0) is 17.6 Å². The van der Waals surface area contributed by atoms with E-state index in [1.54, 1.807) is 18.2 Å². The SMILES string of the molecule is CC(=O)Oc1cc(CC(C)CCc2ccc(O)c(O)c2)ccc1O. The minimum absolute atomic E-state index is 0.0545. The fourth-order valence-electron chi connectivity index (χ4n) is 2.56. The molecule has 1 atom stereocenters. The Hall–Kier alpha value is -2.69. The fourth-order valence-corrected chi connectivity index (χ4v) is 2.56. The normalized spacial score (nSPS) is 11.9. The molecule has 5 heteroatoms.